The number of ether oxygens (including phenoxy) is 1. The van der Waals surface area contributed by atoms with Gasteiger partial charge in [0.2, 0.25) is 11.8 Å². The zero-order valence-corrected chi connectivity index (χ0v) is 14.5. The molecule has 0 spiro atoms. The minimum Gasteiger partial charge on any atom is -0.496 e. The number of amides is 2. The number of rotatable bonds is 5. The lowest BCUT2D eigenvalue weighted by Crippen LogP contribution is -2.23. The van der Waals surface area contributed by atoms with Gasteiger partial charge in [0.15, 0.2) is 0 Å². The lowest BCUT2D eigenvalue weighted by molar-refractivity contribution is -0.117. The quantitative estimate of drug-likeness (QED) is 0.910. The van der Waals surface area contributed by atoms with Crippen molar-refractivity contribution in [2.75, 3.05) is 23.9 Å². The summed E-state index contributed by atoms with van der Waals surface area (Å²) in [6.45, 7) is 2.75. The summed E-state index contributed by atoms with van der Waals surface area (Å²) in [6.07, 6.45) is 1.75. The summed E-state index contributed by atoms with van der Waals surface area (Å²) in [5.74, 6) is 0.765. The van der Waals surface area contributed by atoms with Crippen molar-refractivity contribution in [1.29, 1.82) is 0 Å². The van der Waals surface area contributed by atoms with Gasteiger partial charge in [0.1, 0.15) is 5.75 Å². The van der Waals surface area contributed by atoms with E-state index in [0.29, 0.717) is 17.9 Å². The van der Waals surface area contributed by atoms with Crippen molar-refractivity contribution >= 4 is 23.2 Å². The van der Waals surface area contributed by atoms with Gasteiger partial charge in [-0.2, -0.15) is 0 Å². The average molecular weight is 338 g/mol. The summed E-state index contributed by atoms with van der Waals surface area (Å²) in [4.78, 5) is 25.9. The Hall–Kier alpha value is -2.82. The third-order valence-corrected chi connectivity index (χ3v) is 4.32. The Kier molecular flexibility index (Phi) is 5.03. The van der Waals surface area contributed by atoms with Gasteiger partial charge in [-0.3, -0.25) is 9.59 Å². The molecule has 2 aromatic rings. The van der Waals surface area contributed by atoms with Crippen LogP contribution in [0.4, 0.5) is 11.4 Å². The van der Waals surface area contributed by atoms with E-state index >= 15 is 0 Å². The fraction of sp³-hybridized carbons (Fsp3) is 0.300. The number of carbonyl (C=O) groups excluding carboxylic acids is 2. The molecule has 0 aliphatic carbocycles. The lowest BCUT2D eigenvalue weighted by Gasteiger charge is -2.16. The molecule has 0 radical (unpaired) electrons. The molecule has 0 atom stereocenters. The number of anilines is 2. The predicted molar refractivity (Wildman–Crippen MR) is 98.1 cm³/mol. The van der Waals surface area contributed by atoms with E-state index in [9.17, 15) is 9.59 Å². The smallest absolute Gasteiger partial charge is 0.228 e. The van der Waals surface area contributed by atoms with E-state index in [-0.39, 0.29) is 18.2 Å². The summed E-state index contributed by atoms with van der Waals surface area (Å²) < 4.78 is 5.32. The fourth-order valence-electron chi connectivity index (χ4n) is 3.07. The lowest BCUT2D eigenvalue weighted by atomic mass is 10.1. The highest BCUT2D eigenvalue weighted by Gasteiger charge is 2.21. The summed E-state index contributed by atoms with van der Waals surface area (Å²) >= 11 is 0. The maximum absolute atomic E-state index is 12.3. The molecule has 130 valence electrons. The zero-order chi connectivity index (χ0) is 17.8. The van der Waals surface area contributed by atoms with E-state index in [4.69, 9.17) is 4.74 Å². The number of aryl methyl sites for hydroxylation is 1. The Bertz CT molecular complexity index is 784. The molecule has 0 saturated carbocycles. The Balaban J connectivity index is 1.65. The van der Waals surface area contributed by atoms with Crippen LogP contribution in [0.1, 0.15) is 24.0 Å². The molecule has 1 fully saturated rings. The van der Waals surface area contributed by atoms with Crippen molar-refractivity contribution in [3.63, 3.8) is 0 Å². The molecule has 0 aromatic heterocycles. The van der Waals surface area contributed by atoms with Crippen LogP contribution in [-0.4, -0.2) is 25.5 Å². The van der Waals surface area contributed by atoms with Crippen LogP contribution in [0.25, 0.3) is 0 Å². The van der Waals surface area contributed by atoms with Gasteiger partial charge < -0.3 is 15.0 Å². The highest BCUT2D eigenvalue weighted by Crippen LogP contribution is 2.24. The van der Waals surface area contributed by atoms with E-state index in [0.717, 1.165) is 29.8 Å². The maximum atomic E-state index is 12.3. The number of nitrogens with zero attached hydrogens (tertiary/aromatic N) is 1. The number of benzene rings is 2. The first-order chi connectivity index (χ1) is 12.1. The minimum atomic E-state index is -0.103. The van der Waals surface area contributed by atoms with Crippen LogP contribution in [0.15, 0.2) is 42.5 Å². The Morgan fingerprint density at radius 2 is 1.96 bits per heavy atom. The van der Waals surface area contributed by atoms with Gasteiger partial charge in [0, 0.05) is 29.9 Å². The molecule has 5 heteroatoms. The van der Waals surface area contributed by atoms with Crippen LogP contribution >= 0.6 is 0 Å². The Labute approximate surface area is 147 Å². The summed E-state index contributed by atoms with van der Waals surface area (Å²) in [5, 5.41) is 2.89. The van der Waals surface area contributed by atoms with Crippen LogP contribution in [-0.2, 0) is 16.0 Å². The maximum Gasteiger partial charge on any atom is 0.228 e. The molecule has 1 heterocycles. The van der Waals surface area contributed by atoms with E-state index in [2.05, 4.69) is 5.32 Å². The van der Waals surface area contributed by atoms with E-state index in [1.807, 2.05) is 49.4 Å². The van der Waals surface area contributed by atoms with Crippen molar-refractivity contribution in [3.8, 4) is 5.75 Å². The van der Waals surface area contributed by atoms with Crippen LogP contribution in [0, 0.1) is 6.92 Å². The Morgan fingerprint density at radius 3 is 2.60 bits per heavy atom. The SMILES string of the molecule is COc1ccc(C)cc1CC(=O)Nc1ccc(N2CCCC2=O)cc1. The first kappa shape index (κ1) is 17.0. The molecule has 3 rings (SSSR count). The number of nitrogens with one attached hydrogen (secondary N) is 1. The normalized spacial score (nSPS) is 13.8. The van der Waals surface area contributed by atoms with Crippen LogP contribution in [0.5, 0.6) is 5.75 Å². The summed E-state index contributed by atoms with van der Waals surface area (Å²) in [5.41, 5.74) is 3.54. The number of hydrogen-bond acceptors (Lipinski definition) is 3. The molecule has 0 bridgehead atoms. The van der Waals surface area contributed by atoms with Gasteiger partial charge in [-0.15, -0.1) is 0 Å². The van der Waals surface area contributed by atoms with Crippen LogP contribution < -0.4 is 15.0 Å². The molecule has 2 aromatic carbocycles. The fourth-order valence-corrected chi connectivity index (χ4v) is 3.07. The molecule has 2 amide bonds. The first-order valence-electron chi connectivity index (χ1n) is 8.40. The van der Waals surface area contributed by atoms with Crippen molar-refractivity contribution in [1.82, 2.24) is 0 Å². The van der Waals surface area contributed by atoms with Gasteiger partial charge in [-0.05, 0) is 43.7 Å². The van der Waals surface area contributed by atoms with E-state index in [1.54, 1.807) is 12.0 Å². The monoisotopic (exact) mass is 338 g/mol. The minimum absolute atomic E-state index is 0.103. The predicted octanol–water partition coefficient (Wildman–Crippen LogP) is 3.31. The second-order valence-electron chi connectivity index (χ2n) is 6.24. The molecule has 5 nitrogen and oxygen atoms in total. The number of methoxy groups -OCH3 is 1. The molecule has 1 saturated heterocycles. The molecule has 1 aliphatic heterocycles. The molecular formula is C20H22N2O3. The molecule has 1 aliphatic rings. The van der Waals surface area contributed by atoms with Crippen molar-refractivity contribution in [3.05, 3.63) is 53.6 Å². The Morgan fingerprint density at radius 1 is 1.20 bits per heavy atom. The van der Waals surface area contributed by atoms with Crippen LogP contribution in [0.3, 0.4) is 0 Å². The highest BCUT2D eigenvalue weighted by atomic mass is 16.5. The van der Waals surface area contributed by atoms with Gasteiger partial charge in [0.05, 0.1) is 13.5 Å². The van der Waals surface area contributed by atoms with Gasteiger partial charge >= 0.3 is 0 Å². The molecule has 25 heavy (non-hydrogen) atoms. The van der Waals surface area contributed by atoms with Gasteiger partial charge in [-0.1, -0.05) is 17.7 Å². The topological polar surface area (TPSA) is 58.6 Å². The standard InChI is InChI=1S/C20H22N2O3/c1-14-5-10-18(25-2)15(12-14)13-19(23)21-16-6-8-17(9-7-16)22-11-3-4-20(22)24/h5-10,12H,3-4,11,13H2,1-2H3,(H,21,23). The molecule has 0 unspecified atom stereocenters. The van der Waals surface area contributed by atoms with E-state index in [1.165, 1.54) is 0 Å². The highest BCUT2D eigenvalue weighted by molar-refractivity contribution is 5.96. The van der Waals surface area contributed by atoms with Crippen molar-refractivity contribution in [2.45, 2.75) is 26.2 Å². The third kappa shape index (κ3) is 3.99. The van der Waals surface area contributed by atoms with Crippen LogP contribution in [0.2, 0.25) is 0 Å². The van der Waals surface area contributed by atoms with E-state index < -0.39 is 0 Å². The van der Waals surface area contributed by atoms with Gasteiger partial charge in [-0.25, -0.2) is 0 Å². The summed E-state index contributed by atoms with van der Waals surface area (Å²) in [7, 11) is 1.60. The first-order valence-corrected chi connectivity index (χ1v) is 8.40. The summed E-state index contributed by atoms with van der Waals surface area (Å²) in [6, 6.07) is 13.2. The molecular weight excluding hydrogens is 316 g/mol. The van der Waals surface area contributed by atoms with Gasteiger partial charge in [0.25, 0.3) is 0 Å². The zero-order valence-electron chi connectivity index (χ0n) is 14.5. The molecule has 1 N–H and O–H groups in total. The average Bonchev–Trinajstić information content (AvgIpc) is 3.02. The largest absolute Gasteiger partial charge is 0.496 e. The van der Waals surface area contributed by atoms with Crippen molar-refractivity contribution < 1.29 is 14.3 Å². The second kappa shape index (κ2) is 7.38. The number of carbonyl (C=O) groups is 2. The third-order valence-electron chi connectivity index (χ3n) is 4.32. The van der Waals surface area contributed by atoms with Crippen molar-refractivity contribution in [2.24, 2.45) is 0 Å². The number of hydrogen-bond donors (Lipinski definition) is 1. The second-order valence-corrected chi connectivity index (χ2v) is 6.24.